The van der Waals surface area contributed by atoms with E-state index in [0.29, 0.717) is 0 Å². The van der Waals surface area contributed by atoms with Crippen LogP contribution in [0.1, 0.15) is 0 Å². The Morgan fingerprint density at radius 3 is 0.568 bits per heavy atom. The molecule has 0 spiro atoms. The lowest BCUT2D eigenvalue weighted by Crippen LogP contribution is -2.66. The smallest absolute Gasteiger partial charge is 0.303 e. The van der Waals surface area contributed by atoms with E-state index in [4.69, 9.17) is 19.6 Å². The first-order chi connectivity index (χ1) is 19.0. The van der Waals surface area contributed by atoms with E-state index in [0.717, 1.165) is 0 Å². The molecule has 0 amide bonds. The summed E-state index contributed by atoms with van der Waals surface area (Å²) < 4.78 is 125. The number of phosphoric acid groups is 8. The van der Waals surface area contributed by atoms with Crippen LogP contribution < -0.4 is 0 Å². The zero-order valence-electron chi connectivity index (χ0n) is 19.8. The van der Waals surface area contributed by atoms with Crippen LogP contribution in [0, 0.1) is 0 Å². The molecule has 0 heterocycles. The van der Waals surface area contributed by atoms with Crippen LogP contribution in [0.4, 0.5) is 0 Å². The Labute approximate surface area is 240 Å². The van der Waals surface area contributed by atoms with Crippen molar-refractivity contribution >= 4 is 62.6 Å². The Kier molecular flexibility index (Phi) is 14.1. The largest absolute Gasteiger partial charge is 0.481 e. The zero-order valence-corrected chi connectivity index (χ0v) is 27.0. The molecule has 0 aromatic heterocycles. The van der Waals surface area contributed by atoms with E-state index >= 15 is 0 Å². The minimum Gasteiger partial charge on any atom is -0.303 e. The second-order valence-electron chi connectivity index (χ2n) is 7.46. The van der Waals surface area contributed by atoms with E-state index in [-0.39, 0.29) is 0 Å². The summed E-state index contributed by atoms with van der Waals surface area (Å²) in [7, 11) is -50.6. The van der Waals surface area contributed by atoms with Gasteiger partial charge in [-0.15, -0.1) is 0 Å². The zero-order chi connectivity index (χ0) is 35.1. The summed E-state index contributed by atoms with van der Waals surface area (Å²) in [5.41, 5.74) is 0. The molecule has 38 heteroatoms. The Morgan fingerprint density at radius 1 is 0.273 bits per heavy atom. The van der Waals surface area contributed by atoms with Gasteiger partial charge in [0, 0.05) is 0 Å². The third-order valence-electron chi connectivity index (χ3n) is 3.91. The predicted octanol–water partition coefficient (Wildman–Crippen LogP) is -2.90. The fraction of sp³-hybridized carbons (Fsp3) is 1.00. The van der Waals surface area contributed by atoms with Gasteiger partial charge in [-0.05, 0) is 0 Å². The monoisotopic (exact) mass is 820 g/mol. The van der Waals surface area contributed by atoms with Crippen LogP contribution in [0.15, 0.2) is 0 Å². The van der Waals surface area contributed by atoms with Gasteiger partial charge in [-0.25, -0.2) is 36.5 Å². The predicted molar refractivity (Wildman–Crippen MR) is 123 cm³/mol. The summed E-state index contributed by atoms with van der Waals surface area (Å²) in [5, 5.41) is 0. The molecule has 30 nitrogen and oxygen atoms in total. The number of rotatable bonds is 16. The highest BCUT2D eigenvalue weighted by Crippen LogP contribution is 2.64. The van der Waals surface area contributed by atoms with Crippen molar-refractivity contribution in [3.8, 4) is 0 Å². The molecule has 0 radical (unpaired) electrons. The molecular formula is C6H20O30P8. The molecule has 1 saturated carbocycles. The van der Waals surface area contributed by atoms with Gasteiger partial charge >= 0.3 is 62.6 Å². The SMILES string of the molecule is O=P(O)(O)O[C@@H]1C(OP(=O)(O)OP(=O)(O)O)[C@H](OP(=O)(O)O)[C@@H](OP(=O)(O)O)C(OP(=O)(O)OP(=O)(O)O)[C@H]1OP(=O)(O)O. The van der Waals surface area contributed by atoms with Gasteiger partial charge in [-0.2, -0.15) is 8.62 Å². The van der Waals surface area contributed by atoms with E-state index < -0.39 is 99.2 Å². The van der Waals surface area contributed by atoms with Crippen molar-refractivity contribution in [2.24, 2.45) is 0 Å². The Bertz CT molecular complexity index is 1230. The third-order valence-corrected chi connectivity index (χ3v) is 10.4. The maximum Gasteiger partial charge on any atom is 0.481 e. The normalized spacial score (nSPS) is 29.1. The van der Waals surface area contributed by atoms with Gasteiger partial charge in [0.25, 0.3) is 0 Å². The van der Waals surface area contributed by atoms with Crippen molar-refractivity contribution in [1.82, 2.24) is 0 Å². The molecule has 4 unspecified atom stereocenters. The molecule has 0 aromatic carbocycles. The number of hydrogen-bond acceptors (Lipinski definition) is 16. The molecule has 0 aliphatic heterocycles. The van der Waals surface area contributed by atoms with Crippen LogP contribution in [0.25, 0.3) is 0 Å². The molecule has 1 aliphatic carbocycles. The van der Waals surface area contributed by atoms with Gasteiger partial charge in [0.2, 0.25) is 0 Å². The van der Waals surface area contributed by atoms with Crippen LogP contribution in [0.2, 0.25) is 0 Å². The quantitative estimate of drug-likeness (QED) is 0.0694. The van der Waals surface area contributed by atoms with Crippen LogP contribution >= 0.6 is 62.6 Å². The van der Waals surface area contributed by atoms with Crippen molar-refractivity contribution in [2.45, 2.75) is 36.6 Å². The summed E-state index contributed by atoms with van der Waals surface area (Å²) >= 11 is 0. The van der Waals surface area contributed by atoms with Crippen LogP contribution in [0.5, 0.6) is 0 Å². The van der Waals surface area contributed by atoms with Crippen molar-refractivity contribution in [3.05, 3.63) is 0 Å². The fourth-order valence-corrected chi connectivity index (χ4v) is 8.87. The average Bonchev–Trinajstić information content (AvgIpc) is 2.62. The van der Waals surface area contributed by atoms with Crippen molar-refractivity contribution in [3.63, 3.8) is 0 Å². The topological polar surface area (TPSA) is 494 Å². The molecule has 44 heavy (non-hydrogen) atoms. The number of phosphoric ester groups is 6. The molecule has 14 N–H and O–H groups in total. The average molecular weight is 820 g/mol. The lowest BCUT2D eigenvalue weighted by Gasteiger charge is -2.48. The number of hydrogen-bond donors (Lipinski definition) is 14. The lowest BCUT2D eigenvalue weighted by atomic mass is 9.85. The summed E-state index contributed by atoms with van der Waals surface area (Å²) in [6, 6.07) is 0. The van der Waals surface area contributed by atoms with Gasteiger partial charge in [-0.3, -0.25) is 27.1 Å². The lowest BCUT2D eigenvalue weighted by molar-refractivity contribution is -0.201. The van der Waals surface area contributed by atoms with Gasteiger partial charge < -0.3 is 68.5 Å². The second-order valence-corrected chi connectivity index (χ2v) is 17.8. The highest BCUT2D eigenvalue weighted by molar-refractivity contribution is 7.61. The Balaban J connectivity index is 4.22. The molecule has 1 fully saturated rings. The molecule has 264 valence electrons. The summed E-state index contributed by atoms with van der Waals surface area (Å²) in [5.74, 6) is 0. The van der Waals surface area contributed by atoms with E-state index in [2.05, 4.69) is 35.8 Å². The van der Waals surface area contributed by atoms with Crippen molar-refractivity contribution in [2.75, 3.05) is 0 Å². The Hall–Kier alpha value is 0.960. The second kappa shape index (κ2) is 14.4. The standard InChI is InChI=1S/C6H20O30P8/c7-37(8,9)29-1-2(30-38(10,11)12)6(34-44(27,28)36-42(22,23)24)4(32-40(16,17)18)3(31-39(13,14)15)5(1)33-43(25,26)35-41(19,20)21/h1-6H,(H,25,26)(H,27,28)(H2,7,8,9)(H2,10,11,12)(H2,13,14,15)(H2,16,17,18)(H2,19,20,21)(H2,22,23,24)/t1-,2-,3+,4+,5?,6?. The molecule has 0 bridgehead atoms. The first kappa shape index (κ1) is 43.0. The maximum absolute atomic E-state index is 12.3. The molecule has 0 saturated heterocycles. The van der Waals surface area contributed by atoms with Gasteiger partial charge in [0.15, 0.2) is 0 Å². The first-order valence-corrected chi connectivity index (χ1v) is 21.7. The highest BCUT2D eigenvalue weighted by atomic mass is 31.3. The van der Waals surface area contributed by atoms with Gasteiger partial charge in [0.1, 0.15) is 36.6 Å². The molecular weight excluding hydrogens is 800 g/mol. The van der Waals surface area contributed by atoms with Crippen LogP contribution in [-0.4, -0.2) is 105 Å². The summed E-state index contributed by atoms with van der Waals surface area (Å²) in [6.07, 6.45) is -21.0. The molecule has 8 atom stereocenters. The molecule has 1 rings (SSSR count). The fourth-order valence-electron chi connectivity index (χ4n) is 3.09. The summed E-state index contributed by atoms with van der Waals surface area (Å²) in [4.78, 5) is 129. The third kappa shape index (κ3) is 16.9. The van der Waals surface area contributed by atoms with Gasteiger partial charge in [-0.1, -0.05) is 0 Å². The minimum absolute atomic E-state index is 3.36. The Morgan fingerprint density at radius 2 is 0.432 bits per heavy atom. The highest BCUT2D eigenvalue weighted by Gasteiger charge is 2.63. The maximum atomic E-state index is 12.3. The van der Waals surface area contributed by atoms with Crippen LogP contribution in [-0.2, 0) is 72.3 Å². The van der Waals surface area contributed by atoms with E-state index in [1.165, 1.54) is 0 Å². The van der Waals surface area contributed by atoms with Crippen molar-refractivity contribution < 1.29 is 141 Å². The van der Waals surface area contributed by atoms with E-state index in [9.17, 15) is 85.5 Å². The minimum atomic E-state index is -6.53. The van der Waals surface area contributed by atoms with E-state index in [1.807, 2.05) is 0 Å². The van der Waals surface area contributed by atoms with Gasteiger partial charge in [0.05, 0.1) is 0 Å². The van der Waals surface area contributed by atoms with Crippen LogP contribution in [0.3, 0.4) is 0 Å². The summed E-state index contributed by atoms with van der Waals surface area (Å²) in [6.45, 7) is 0. The van der Waals surface area contributed by atoms with E-state index in [1.54, 1.807) is 0 Å². The molecule has 0 aromatic rings. The van der Waals surface area contributed by atoms with Crippen molar-refractivity contribution in [1.29, 1.82) is 0 Å². The first-order valence-electron chi connectivity index (χ1n) is 9.50. The molecule has 1 aliphatic rings.